The summed E-state index contributed by atoms with van der Waals surface area (Å²) in [5.41, 5.74) is 0.762. The first kappa shape index (κ1) is 19.8. The Bertz CT molecular complexity index is 915. The zero-order valence-corrected chi connectivity index (χ0v) is 15.4. The van der Waals surface area contributed by atoms with E-state index >= 15 is 0 Å². The number of hydrazine groups is 1. The van der Waals surface area contributed by atoms with Crippen molar-refractivity contribution >= 4 is 5.91 Å². The molecule has 0 saturated heterocycles. The van der Waals surface area contributed by atoms with Crippen LogP contribution < -0.4 is 10.2 Å². The summed E-state index contributed by atoms with van der Waals surface area (Å²) in [7, 11) is 0. The van der Waals surface area contributed by atoms with Crippen molar-refractivity contribution in [2.24, 2.45) is 0 Å². The van der Waals surface area contributed by atoms with E-state index < -0.39 is 17.8 Å². The van der Waals surface area contributed by atoms with Crippen molar-refractivity contribution in [3.8, 4) is 5.75 Å². The van der Waals surface area contributed by atoms with Gasteiger partial charge in [-0.05, 0) is 62.2 Å². The molecule has 0 radical (unpaired) electrons. The molecule has 0 bridgehead atoms. The third kappa shape index (κ3) is 3.70. The van der Waals surface area contributed by atoms with E-state index in [9.17, 15) is 23.1 Å². The largest absolute Gasteiger partial charge is 0.486 e. The molecule has 1 aromatic carbocycles. The molecule has 3 rings (SSSR count). The molecule has 28 heavy (non-hydrogen) atoms. The van der Waals surface area contributed by atoms with Crippen LogP contribution in [0, 0.1) is 13.8 Å². The maximum atomic E-state index is 13.2. The Kier molecular flexibility index (Phi) is 4.88. The predicted octanol–water partition coefficient (Wildman–Crippen LogP) is 3.59. The molecule has 6 nitrogen and oxygen atoms in total. The van der Waals surface area contributed by atoms with E-state index in [-0.39, 0.29) is 28.8 Å². The van der Waals surface area contributed by atoms with Gasteiger partial charge in [0.25, 0.3) is 5.72 Å². The maximum absolute atomic E-state index is 13.2. The van der Waals surface area contributed by atoms with Crippen molar-refractivity contribution < 1.29 is 32.2 Å². The molecule has 1 aromatic heterocycles. The second-order valence-corrected chi connectivity index (χ2v) is 6.68. The number of rotatable bonds is 4. The van der Waals surface area contributed by atoms with Crippen LogP contribution in [-0.2, 0) is 6.61 Å². The molecular formula is C19H19F3N2O4. The highest BCUT2D eigenvalue weighted by atomic mass is 19.4. The van der Waals surface area contributed by atoms with Crippen LogP contribution in [0.5, 0.6) is 5.75 Å². The molecular weight excluding hydrogens is 377 g/mol. The van der Waals surface area contributed by atoms with Crippen LogP contribution in [0.3, 0.4) is 0 Å². The molecule has 1 unspecified atom stereocenters. The molecule has 0 spiro atoms. The van der Waals surface area contributed by atoms with Crippen molar-refractivity contribution in [1.82, 2.24) is 10.4 Å². The van der Waals surface area contributed by atoms with Gasteiger partial charge in [-0.3, -0.25) is 10.2 Å². The lowest BCUT2D eigenvalue weighted by Crippen LogP contribution is -2.60. The lowest BCUT2D eigenvalue weighted by molar-refractivity contribution is -0.283. The van der Waals surface area contributed by atoms with Crippen LogP contribution in [0.25, 0.3) is 0 Å². The summed E-state index contributed by atoms with van der Waals surface area (Å²) in [6, 6.07) is 8.30. The van der Waals surface area contributed by atoms with Gasteiger partial charge in [-0.25, -0.2) is 5.01 Å². The average Bonchev–Trinajstić information content (AvgIpc) is 3.16. The first-order valence-electron chi connectivity index (χ1n) is 8.39. The number of hydrogen-bond acceptors (Lipinski definition) is 5. The van der Waals surface area contributed by atoms with E-state index in [1.807, 2.05) is 32.0 Å². The number of aliphatic hydroxyl groups is 1. The van der Waals surface area contributed by atoms with Crippen LogP contribution in [-0.4, -0.2) is 27.9 Å². The maximum Gasteiger partial charge on any atom is 0.442 e. The number of alkyl halides is 3. The molecule has 2 aromatic rings. The standard InChI is InChI=1S/C19H19F3N2O4/c1-11-6-12(2)8-15(7-11)27-10-14-4-5-16(28-14)17(25)24-18(26,19(20,21)22)9-13(3)23-24/h4-9,23,26H,10H2,1-3H3. The van der Waals surface area contributed by atoms with Gasteiger partial charge in [0.2, 0.25) is 0 Å². The highest BCUT2D eigenvalue weighted by molar-refractivity contribution is 5.92. The molecule has 0 fully saturated rings. The number of aryl methyl sites for hydroxylation is 2. The van der Waals surface area contributed by atoms with Crippen molar-refractivity contribution in [3.05, 3.63) is 64.8 Å². The smallest absolute Gasteiger partial charge is 0.442 e. The third-order valence-corrected chi connectivity index (χ3v) is 4.12. The Balaban J connectivity index is 1.74. The van der Waals surface area contributed by atoms with Crippen LogP contribution >= 0.6 is 0 Å². The van der Waals surface area contributed by atoms with E-state index in [4.69, 9.17) is 9.15 Å². The molecule has 1 atom stereocenters. The van der Waals surface area contributed by atoms with E-state index in [1.54, 1.807) is 0 Å². The highest BCUT2D eigenvalue weighted by Gasteiger charge is 2.61. The minimum Gasteiger partial charge on any atom is -0.486 e. The number of allylic oxidation sites excluding steroid dienone is 1. The fourth-order valence-corrected chi connectivity index (χ4v) is 2.93. The van der Waals surface area contributed by atoms with E-state index in [0.717, 1.165) is 11.1 Å². The summed E-state index contributed by atoms with van der Waals surface area (Å²) >= 11 is 0. The molecule has 0 saturated carbocycles. The number of amides is 1. The zero-order valence-electron chi connectivity index (χ0n) is 15.4. The summed E-state index contributed by atoms with van der Waals surface area (Å²) in [5.74, 6) is -0.668. The summed E-state index contributed by atoms with van der Waals surface area (Å²) in [6.45, 7) is 5.13. The topological polar surface area (TPSA) is 74.9 Å². The molecule has 2 heterocycles. The second-order valence-electron chi connectivity index (χ2n) is 6.68. The SMILES string of the molecule is CC1=CC(O)(C(F)(F)F)N(C(=O)c2ccc(COc3cc(C)cc(C)c3)o2)N1. The van der Waals surface area contributed by atoms with Gasteiger partial charge in [0.05, 0.1) is 0 Å². The van der Waals surface area contributed by atoms with Gasteiger partial charge in [-0.15, -0.1) is 0 Å². The van der Waals surface area contributed by atoms with E-state index in [1.165, 1.54) is 19.1 Å². The molecule has 1 amide bonds. The minimum atomic E-state index is -5.09. The normalized spacial score (nSPS) is 19.4. The summed E-state index contributed by atoms with van der Waals surface area (Å²) in [4.78, 5) is 12.5. The number of nitrogens with zero attached hydrogens (tertiary/aromatic N) is 1. The summed E-state index contributed by atoms with van der Waals surface area (Å²) in [5, 5.41) is 10.1. The van der Waals surface area contributed by atoms with Crippen LogP contribution in [0.2, 0.25) is 0 Å². The van der Waals surface area contributed by atoms with Crippen molar-refractivity contribution in [2.75, 3.05) is 0 Å². The van der Waals surface area contributed by atoms with E-state index in [2.05, 4.69) is 5.43 Å². The van der Waals surface area contributed by atoms with Gasteiger partial charge in [-0.2, -0.15) is 13.2 Å². The highest BCUT2D eigenvalue weighted by Crippen LogP contribution is 2.38. The zero-order chi connectivity index (χ0) is 20.7. The van der Waals surface area contributed by atoms with Crippen LogP contribution in [0.15, 0.2) is 46.5 Å². The second kappa shape index (κ2) is 6.90. The van der Waals surface area contributed by atoms with Gasteiger partial charge in [0.1, 0.15) is 18.1 Å². The number of carbonyl (C=O) groups excluding carboxylic acids is 1. The molecule has 9 heteroatoms. The summed E-state index contributed by atoms with van der Waals surface area (Å²) in [6.07, 6.45) is -4.56. The Labute approximate surface area is 159 Å². The van der Waals surface area contributed by atoms with Crippen molar-refractivity contribution in [3.63, 3.8) is 0 Å². The Morgan fingerprint density at radius 1 is 1.21 bits per heavy atom. The molecule has 2 N–H and O–H groups in total. The van der Waals surface area contributed by atoms with Gasteiger partial charge in [-0.1, -0.05) is 6.07 Å². The average molecular weight is 396 g/mol. The minimum absolute atomic E-state index is 0.00951. The van der Waals surface area contributed by atoms with E-state index in [0.29, 0.717) is 11.8 Å². The molecule has 150 valence electrons. The van der Waals surface area contributed by atoms with Crippen LogP contribution in [0.4, 0.5) is 13.2 Å². The lowest BCUT2D eigenvalue weighted by atomic mass is 10.1. The van der Waals surface area contributed by atoms with Crippen molar-refractivity contribution in [2.45, 2.75) is 39.3 Å². The quantitative estimate of drug-likeness (QED) is 0.826. The summed E-state index contributed by atoms with van der Waals surface area (Å²) < 4.78 is 50.7. The van der Waals surface area contributed by atoms with Gasteiger partial charge < -0.3 is 14.3 Å². The van der Waals surface area contributed by atoms with Gasteiger partial charge in [0.15, 0.2) is 5.76 Å². The van der Waals surface area contributed by atoms with Crippen LogP contribution in [0.1, 0.15) is 34.4 Å². The van der Waals surface area contributed by atoms with Gasteiger partial charge in [0, 0.05) is 5.70 Å². The number of halogens is 3. The third-order valence-electron chi connectivity index (χ3n) is 4.12. The van der Waals surface area contributed by atoms with Gasteiger partial charge >= 0.3 is 12.1 Å². The predicted molar refractivity (Wildman–Crippen MR) is 93.0 cm³/mol. The Hall–Kier alpha value is -2.94. The first-order chi connectivity index (χ1) is 13.0. The first-order valence-corrected chi connectivity index (χ1v) is 8.39. The molecule has 0 aliphatic carbocycles. The Morgan fingerprint density at radius 2 is 1.86 bits per heavy atom. The number of furan rings is 1. The molecule has 1 aliphatic rings. The Morgan fingerprint density at radius 3 is 2.46 bits per heavy atom. The number of nitrogens with one attached hydrogen (secondary N) is 1. The molecule has 1 aliphatic heterocycles. The number of benzene rings is 1. The number of carbonyl (C=O) groups is 1. The lowest BCUT2D eigenvalue weighted by Gasteiger charge is -2.33. The fourth-order valence-electron chi connectivity index (χ4n) is 2.93. The fraction of sp³-hybridized carbons (Fsp3) is 0.316. The number of hydrogen-bond donors (Lipinski definition) is 2. The monoisotopic (exact) mass is 396 g/mol. The van der Waals surface area contributed by atoms with Crippen molar-refractivity contribution in [1.29, 1.82) is 0 Å². The number of ether oxygens (including phenoxy) is 1.